The number of hydrogen-bond acceptors (Lipinski definition) is 5. The Bertz CT molecular complexity index is 751. The van der Waals surface area contributed by atoms with Crippen molar-refractivity contribution in [2.45, 2.75) is 148 Å². The molecule has 1 aromatic carbocycles. The molecule has 0 spiro atoms. The predicted molar refractivity (Wildman–Crippen MR) is 162 cm³/mol. The van der Waals surface area contributed by atoms with Crippen LogP contribution in [0.15, 0.2) is 35.3 Å². The van der Waals surface area contributed by atoms with Crippen LogP contribution < -0.4 is 0 Å². The zero-order valence-electron chi connectivity index (χ0n) is 25.2. The molecule has 1 aliphatic rings. The smallest absolute Gasteiger partial charge is 0.306 e. The summed E-state index contributed by atoms with van der Waals surface area (Å²) in [6.07, 6.45) is 22.4. The maximum Gasteiger partial charge on any atom is 0.306 e. The van der Waals surface area contributed by atoms with E-state index in [2.05, 4.69) is 18.8 Å². The van der Waals surface area contributed by atoms with Gasteiger partial charge in [0, 0.05) is 18.4 Å². The van der Waals surface area contributed by atoms with Gasteiger partial charge in [0.05, 0.1) is 13.2 Å². The predicted octanol–water partition coefficient (Wildman–Crippen LogP) is 9.21. The van der Waals surface area contributed by atoms with Crippen molar-refractivity contribution in [3.05, 3.63) is 35.9 Å². The fraction of sp³-hybridized carbons (Fsp3) is 0.765. The molecule has 0 aromatic heterocycles. The number of nitrogens with zero attached hydrogens (tertiary/aromatic N) is 1. The zero-order chi connectivity index (χ0) is 27.8. The Morgan fingerprint density at radius 1 is 0.821 bits per heavy atom. The van der Waals surface area contributed by atoms with Crippen LogP contribution >= 0.6 is 0 Å². The van der Waals surface area contributed by atoms with E-state index in [0.29, 0.717) is 32.1 Å². The van der Waals surface area contributed by atoms with E-state index in [1.807, 2.05) is 30.3 Å². The van der Waals surface area contributed by atoms with Gasteiger partial charge in [-0.05, 0) is 31.4 Å². The van der Waals surface area contributed by atoms with E-state index in [9.17, 15) is 4.79 Å². The van der Waals surface area contributed by atoms with Crippen molar-refractivity contribution in [1.29, 1.82) is 0 Å². The highest BCUT2D eigenvalue weighted by atomic mass is 16.5. The van der Waals surface area contributed by atoms with Crippen molar-refractivity contribution in [1.82, 2.24) is 0 Å². The van der Waals surface area contributed by atoms with Gasteiger partial charge in [0.15, 0.2) is 0 Å². The Balaban J connectivity index is 1.59. The second kappa shape index (κ2) is 22.9. The molecule has 0 unspecified atom stereocenters. The minimum Gasteiger partial charge on any atom is -0.475 e. The van der Waals surface area contributed by atoms with Crippen molar-refractivity contribution in [3.63, 3.8) is 0 Å². The van der Waals surface area contributed by atoms with Gasteiger partial charge in [-0.3, -0.25) is 4.79 Å². The lowest BCUT2D eigenvalue weighted by atomic mass is 10.0. The van der Waals surface area contributed by atoms with Gasteiger partial charge in [-0.2, -0.15) is 0 Å². The molecule has 1 aliphatic heterocycles. The minimum atomic E-state index is -0.0463. The molecule has 5 nitrogen and oxygen atoms in total. The molecule has 0 aliphatic carbocycles. The molecule has 5 heteroatoms. The fourth-order valence-corrected chi connectivity index (χ4v) is 5.09. The molecule has 1 aromatic rings. The quantitative estimate of drug-likeness (QED) is 0.0911. The number of esters is 1. The molecule has 222 valence electrons. The van der Waals surface area contributed by atoms with Gasteiger partial charge in [-0.1, -0.05) is 122 Å². The fourth-order valence-electron chi connectivity index (χ4n) is 5.09. The lowest BCUT2D eigenvalue weighted by molar-refractivity contribution is -0.150. The molecular formula is C34H57NO4. The summed E-state index contributed by atoms with van der Waals surface area (Å²) in [7, 11) is 0. The van der Waals surface area contributed by atoms with E-state index in [-0.39, 0.29) is 18.1 Å². The van der Waals surface area contributed by atoms with Crippen LogP contribution in [0.4, 0.5) is 0 Å². The highest BCUT2D eigenvalue weighted by molar-refractivity contribution is 5.95. The minimum absolute atomic E-state index is 0.0244. The van der Waals surface area contributed by atoms with Crippen molar-refractivity contribution in [3.8, 4) is 0 Å². The van der Waals surface area contributed by atoms with Crippen LogP contribution in [0.3, 0.4) is 0 Å². The van der Waals surface area contributed by atoms with Crippen LogP contribution in [0.2, 0.25) is 0 Å². The number of aliphatic imine (C=N–C) groups is 1. The molecule has 0 fully saturated rings. The van der Waals surface area contributed by atoms with Crippen molar-refractivity contribution < 1.29 is 19.0 Å². The van der Waals surface area contributed by atoms with Gasteiger partial charge in [0.25, 0.3) is 0 Å². The Labute approximate surface area is 239 Å². The van der Waals surface area contributed by atoms with Crippen molar-refractivity contribution >= 4 is 11.9 Å². The average Bonchev–Trinajstić information content (AvgIpc) is 3.43. The van der Waals surface area contributed by atoms with Crippen molar-refractivity contribution in [2.24, 2.45) is 4.99 Å². The average molecular weight is 544 g/mol. The summed E-state index contributed by atoms with van der Waals surface area (Å²) < 4.78 is 17.6. The normalized spacial score (nSPS) is 15.6. The van der Waals surface area contributed by atoms with Crippen LogP contribution in [0, 0.1) is 0 Å². The Hall–Kier alpha value is -1.88. The van der Waals surface area contributed by atoms with Gasteiger partial charge >= 0.3 is 5.97 Å². The maximum atomic E-state index is 12.6. The molecular weight excluding hydrogens is 486 g/mol. The first-order valence-corrected chi connectivity index (χ1v) is 16.3. The van der Waals surface area contributed by atoms with E-state index in [4.69, 9.17) is 14.2 Å². The molecule has 2 atom stereocenters. The van der Waals surface area contributed by atoms with Gasteiger partial charge in [0.1, 0.15) is 18.8 Å². The number of carbonyl (C=O) groups excluding carboxylic acids is 1. The number of unbranched alkanes of at least 4 members (excludes halogenated alkanes) is 14. The zero-order valence-corrected chi connectivity index (χ0v) is 25.2. The second-order valence-corrected chi connectivity index (χ2v) is 11.2. The van der Waals surface area contributed by atoms with E-state index in [0.717, 1.165) is 37.7 Å². The SMILES string of the molecule is CCCCCCCCCCCCCC(=O)O[C@H](CCCCCCC)CCOC[C@@H]1COC(c2ccccc2)=N1. The van der Waals surface area contributed by atoms with Gasteiger partial charge in [-0.25, -0.2) is 4.99 Å². The topological polar surface area (TPSA) is 57.1 Å². The lowest BCUT2D eigenvalue weighted by Crippen LogP contribution is -2.22. The Morgan fingerprint density at radius 3 is 2.05 bits per heavy atom. The Morgan fingerprint density at radius 2 is 1.41 bits per heavy atom. The number of hydrogen-bond donors (Lipinski definition) is 0. The van der Waals surface area contributed by atoms with Gasteiger partial charge < -0.3 is 14.2 Å². The van der Waals surface area contributed by atoms with Crippen LogP contribution in [-0.4, -0.2) is 43.8 Å². The van der Waals surface area contributed by atoms with Gasteiger partial charge in [0.2, 0.25) is 5.90 Å². The molecule has 0 bridgehead atoms. The third kappa shape index (κ3) is 16.7. The second-order valence-electron chi connectivity index (χ2n) is 11.2. The summed E-state index contributed by atoms with van der Waals surface area (Å²) >= 11 is 0. The molecule has 0 N–H and O–H groups in total. The largest absolute Gasteiger partial charge is 0.475 e. The molecule has 0 saturated carbocycles. The van der Waals surface area contributed by atoms with Gasteiger partial charge in [-0.15, -0.1) is 0 Å². The number of ether oxygens (including phenoxy) is 3. The van der Waals surface area contributed by atoms with E-state index in [1.165, 1.54) is 83.5 Å². The molecule has 0 amide bonds. The molecule has 1 heterocycles. The molecule has 0 radical (unpaired) electrons. The number of carbonyl (C=O) groups is 1. The maximum absolute atomic E-state index is 12.6. The summed E-state index contributed by atoms with van der Waals surface area (Å²) in [5.41, 5.74) is 1.01. The third-order valence-electron chi connectivity index (χ3n) is 7.54. The first kappa shape index (κ1) is 33.3. The third-order valence-corrected chi connectivity index (χ3v) is 7.54. The highest BCUT2D eigenvalue weighted by Crippen LogP contribution is 2.17. The summed E-state index contributed by atoms with van der Waals surface area (Å²) in [4.78, 5) is 17.2. The monoisotopic (exact) mass is 543 g/mol. The van der Waals surface area contributed by atoms with Crippen molar-refractivity contribution in [2.75, 3.05) is 19.8 Å². The first-order valence-electron chi connectivity index (χ1n) is 16.3. The standard InChI is InChI=1S/C34H57NO4/c1-3-5-7-9-10-11-12-13-14-16-21-25-33(36)39-32(24-20-15-8-6-4-2)26-27-37-28-31-29-38-34(35-31)30-22-18-17-19-23-30/h17-19,22-23,31-32H,3-16,20-21,24-29H2,1-2H3/t31-,32-/m1/s1. The highest BCUT2D eigenvalue weighted by Gasteiger charge is 2.21. The summed E-state index contributed by atoms with van der Waals surface area (Å²) in [5, 5.41) is 0. The summed E-state index contributed by atoms with van der Waals surface area (Å²) in [6.45, 7) is 6.17. The van der Waals surface area contributed by atoms with E-state index < -0.39 is 0 Å². The molecule has 39 heavy (non-hydrogen) atoms. The lowest BCUT2D eigenvalue weighted by Gasteiger charge is -2.18. The first-order chi connectivity index (χ1) is 19.2. The van der Waals surface area contributed by atoms with Crippen LogP contribution in [0.25, 0.3) is 0 Å². The number of rotatable bonds is 25. The van der Waals surface area contributed by atoms with E-state index >= 15 is 0 Å². The summed E-state index contributed by atoms with van der Waals surface area (Å²) in [5.74, 6) is 0.663. The molecule has 0 saturated heterocycles. The summed E-state index contributed by atoms with van der Waals surface area (Å²) in [6, 6.07) is 10.0. The van der Waals surface area contributed by atoms with Crippen LogP contribution in [0.1, 0.15) is 141 Å². The number of benzene rings is 1. The molecule has 2 rings (SSSR count). The Kier molecular flexibility index (Phi) is 19.6. The van der Waals surface area contributed by atoms with E-state index in [1.54, 1.807) is 0 Å². The van der Waals surface area contributed by atoms with Crippen LogP contribution in [0.5, 0.6) is 0 Å². The van der Waals surface area contributed by atoms with Crippen LogP contribution in [-0.2, 0) is 19.0 Å².